The molecule has 0 radical (unpaired) electrons. The highest BCUT2D eigenvalue weighted by Gasteiger charge is 2.39. The second-order valence-corrected chi connectivity index (χ2v) is 17.2. The largest absolute Gasteiger partial charge is 0.310 e. The third-order valence-corrected chi connectivity index (χ3v) is 13.4. The van der Waals surface area contributed by atoms with Crippen LogP contribution < -0.4 is 4.90 Å². The van der Waals surface area contributed by atoms with E-state index >= 15 is 0 Å². The van der Waals surface area contributed by atoms with E-state index in [0.717, 1.165) is 17.1 Å². The van der Waals surface area contributed by atoms with Gasteiger partial charge in [0.05, 0.1) is 11.1 Å². The number of hydrogen-bond donors (Lipinski definition) is 0. The first kappa shape index (κ1) is 38.2. The molecule has 1 aliphatic carbocycles. The molecule has 0 bridgehead atoms. The van der Waals surface area contributed by atoms with Crippen molar-refractivity contribution in [1.29, 1.82) is 0 Å². The summed E-state index contributed by atoms with van der Waals surface area (Å²) >= 11 is 0. The van der Waals surface area contributed by atoms with Crippen LogP contribution in [0.2, 0.25) is 0 Å². The molecular weight excluding hydrogens is 759 g/mol. The summed E-state index contributed by atoms with van der Waals surface area (Å²) in [5.41, 5.74) is 17.6. The van der Waals surface area contributed by atoms with E-state index in [1.807, 2.05) is 0 Å². The monoisotopic (exact) mass is 805 g/mol. The molecule has 0 amide bonds. The summed E-state index contributed by atoms with van der Waals surface area (Å²) < 4.78 is 0. The Kier molecular flexibility index (Phi) is 9.47. The van der Waals surface area contributed by atoms with Crippen LogP contribution in [0.5, 0.6) is 0 Å². The molecule has 0 heterocycles. The van der Waals surface area contributed by atoms with E-state index in [1.165, 1.54) is 77.5 Å². The predicted octanol–water partition coefficient (Wildman–Crippen LogP) is 16.3. The Morgan fingerprint density at radius 3 is 1.46 bits per heavy atom. The summed E-state index contributed by atoms with van der Waals surface area (Å²) in [5, 5.41) is 2.42. The molecule has 1 nitrogen and oxygen atoms in total. The fraction of sp³-hybridized carbons (Fsp3) is 0.0645. The van der Waals surface area contributed by atoms with Crippen molar-refractivity contribution in [2.45, 2.75) is 24.7 Å². The van der Waals surface area contributed by atoms with Crippen molar-refractivity contribution in [2.24, 2.45) is 0 Å². The minimum absolute atomic E-state index is 0.102. The molecular formula is C62H47N. The molecule has 300 valence electrons. The Morgan fingerprint density at radius 1 is 0.349 bits per heavy atom. The maximum atomic E-state index is 2.50. The van der Waals surface area contributed by atoms with Gasteiger partial charge in [0.25, 0.3) is 0 Å². The van der Waals surface area contributed by atoms with Crippen molar-refractivity contribution >= 4 is 27.8 Å². The number of anilines is 3. The summed E-state index contributed by atoms with van der Waals surface area (Å²) in [4.78, 5) is 2.50. The molecule has 11 rings (SSSR count). The van der Waals surface area contributed by atoms with E-state index in [0.29, 0.717) is 0 Å². The average Bonchev–Trinajstić information content (AvgIpc) is 3.58. The second-order valence-electron chi connectivity index (χ2n) is 17.2. The van der Waals surface area contributed by atoms with E-state index < -0.39 is 5.41 Å². The lowest BCUT2D eigenvalue weighted by Crippen LogP contribution is -2.31. The van der Waals surface area contributed by atoms with Crippen LogP contribution in [0.15, 0.2) is 249 Å². The van der Waals surface area contributed by atoms with E-state index in [9.17, 15) is 0 Å². The van der Waals surface area contributed by atoms with Crippen LogP contribution in [0.4, 0.5) is 17.1 Å². The Labute approximate surface area is 371 Å². The first-order valence-electron chi connectivity index (χ1n) is 22.0. The van der Waals surface area contributed by atoms with Crippen molar-refractivity contribution in [3.8, 4) is 33.4 Å². The van der Waals surface area contributed by atoms with Gasteiger partial charge in [0, 0.05) is 22.4 Å². The molecule has 63 heavy (non-hydrogen) atoms. The highest BCUT2D eigenvalue weighted by Crippen LogP contribution is 2.53. The Bertz CT molecular complexity index is 3130. The Morgan fingerprint density at radius 2 is 0.825 bits per heavy atom. The molecule has 1 aliphatic rings. The summed E-state index contributed by atoms with van der Waals surface area (Å²) in [5.74, 6) is 0. The third kappa shape index (κ3) is 6.31. The zero-order valence-electron chi connectivity index (χ0n) is 35.6. The van der Waals surface area contributed by atoms with Crippen LogP contribution >= 0.6 is 0 Å². The summed E-state index contributed by atoms with van der Waals surface area (Å²) in [7, 11) is 0. The molecule has 10 aromatic rings. The SMILES string of the molecule is CC1(C)c2ccccc2-c2cc(N(c3ccc(C(c4ccccc4)(c4ccccc4)c4ccccc4)cc3)c3ccc4ccccc4c3-c3ccccc3-c3ccccc3)ccc21. The van der Waals surface area contributed by atoms with Crippen LogP contribution in [0.3, 0.4) is 0 Å². The molecule has 0 atom stereocenters. The second kappa shape index (κ2) is 15.6. The van der Waals surface area contributed by atoms with Crippen molar-refractivity contribution < 1.29 is 0 Å². The summed E-state index contributed by atoms with van der Waals surface area (Å²) in [6, 6.07) is 91.6. The molecule has 0 aromatic heterocycles. The molecule has 0 fully saturated rings. The zero-order chi connectivity index (χ0) is 42.4. The summed E-state index contributed by atoms with van der Waals surface area (Å²) in [6.45, 7) is 4.71. The lowest BCUT2D eigenvalue weighted by molar-refractivity contribution is 0.660. The minimum atomic E-state index is -0.557. The lowest BCUT2D eigenvalue weighted by Gasteiger charge is -2.37. The van der Waals surface area contributed by atoms with Gasteiger partial charge in [-0.25, -0.2) is 0 Å². The predicted molar refractivity (Wildman–Crippen MR) is 265 cm³/mol. The van der Waals surface area contributed by atoms with Crippen molar-refractivity contribution in [3.63, 3.8) is 0 Å². The van der Waals surface area contributed by atoms with Gasteiger partial charge < -0.3 is 4.90 Å². The van der Waals surface area contributed by atoms with Crippen molar-refractivity contribution in [2.75, 3.05) is 4.90 Å². The number of fused-ring (bicyclic) bond motifs is 4. The smallest absolute Gasteiger partial charge is 0.0701 e. The maximum absolute atomic E-state index is 2.50. The zero-order valence-corrected chi connectivity index (χ0v) is 35.6. The number of nitrogens with zero attached hydrogens (tertiary/aromatic N) is 1. The van der Waals surface area contributed by atoms with Crippen molar-refractivity contribution in [3.05, 3.63) is 282 Å². The lowest BCUT2D eigenvalue weighted by atomic mass is 9.65. The molecule has 0 saturated carbocycles. The Hall–Kier alpha value is -7.74. The van der Waals surface area contributed by atoms with E-state index in [2.05, 4.69) is 267 Å². The quantitative estimate of drug-likeness (QED) is 0.131. The van der Waals surface area contributed by atoms with Gasteiger partial charge in [0.15, 0.2) is 0 Å². The molecule has 1 heteroatoms. The van der Waals surface area contributed by atoms with Crippen LogP contribution in [-0.2, 0) is 10.8 Å². The number of rotatable bonds is 9. The average molecular weight is 806 g/mol. The van der Waals surface area contributed by atoms with Gasteiger partial charge in [0.2, 0.25) is 0 Å². The van der Waals surface area contributed by atoms with Crippen LogP contribution in [0, 0.1) is 0 Å². The fourth-order valence-corrected chi connectivity index (χ4v) is 10.5. The van der Waals surface area contributed by atoms with E-state index in [4.69, 9.17) is 0 Å². The molecule has 0 N–H and O–H groups in total. The Balaban J connectivity index is 1.18. The first-order valence-corrected chi connectivity index (χ1v) is 22.0. The highest BCUT2D eigenvalue weighted by atomic mass is 15.1. The molecule has 0 saturated heterocycles. The molecule has 0 spiro atoms. The van der Waals surface area contributed by atoms with Crippen molar-refractivity contribution in [1.82, 2.24) is 0 Å². The third-order valence-electron chi connectivity index (χ3n) is 13.4. The van der Waals surface area contributed by atoms with Gasteiger partial charge in [-0.05, 0) is 102 Å². The van der Waals surface area contributed by atoms with Gasteiger partial charge in [-0.3, -0.25) is 0 Å². The van der Waals surface area contributed by atoms with Crippen LogP contribution in [0.1, 0.15) is 47.2 Å². The van der Waals surface area contributed by atoms with E-state index in [-0.39, 0.29) is 5.41 Å². The standard InChI is InChI=1S/C62H47N/c1-61(2)57-34-20-19-32-54(57)56-43-51(40-41-58(56)61)63(59-42-35-45-23-15-16-31-53(45)60(59)55-33-18-17-30-52(55)44-21-7-3-8-22-44)50-38-36-49(37-39-50)62(46-24-9-4-10-25-46,47-26-11-5-12-27-47)48-28-13-6-14-29-48/h3-43H,1-2H3. The number of hydrogen-bond acceptors (Lipinski definition) is 1. The maximum Gasteiger partial charge on any atom is 0.0701 e. The van der Waals surface area contributed by atoms with E-state index in [1.54, 1.807) is 0 Å². The van der Waals surface area contributed by atoms with Crippen LogP contribution in [-0.4, -0.2) is 0 Å². The van der Waals surface area contributed by atoms with Gasteiger partial charge in [0.1, 0.15) is 0 Å². The van der Waals surface area contributed by atoms with Crippen LogP contribution in [0.25, 0.3) is 44.2 Å². The first-order chi connectivity index (χ1) is 31.0. The highest BCUT2D eigenvalue weighted by molar-refractivity contribution is 6.08. The fourth-order valence-electron chi connectivity index (χ4n) is 10.5. The van der Waals surface area contributed by atoms with Gasteiger partial charge in [-0.1, -0.05) is 232 Å². The summed E-state index contributed by atoms with van der Waals surface area (Å²) in [6.07, 6.45) is 0. The van der Waals surface area contributed by atoms with Gasteiger partial charge in [-0.2, -0.15) is 0 Å². The molecule has 10 aromatic carbocycles. The minimum Gasteiger partial charge on any atom is -0.310 e. The normalized spacial score (nSPS) is 12.7. The number of benzene rings is 10. The van der Waals surface area contributed by atoms with Gasteiger partial charge in [-0.15, -0.1) is 0 Å². The molecule has 0 unspecified atom stereocenters. The van der Waals surface area contributed by atoms with Gasteiger partial charge >= 0.3 is 0 Å². The molecule has 0 aliphatic heterocycles. The topological polar surface area (TPSA) is 3.24 Å².